The van der Waals surface area contributed by atoms with Crippen molar-refractivity contribution in [2.75, 3.05) is 18.0 Å². The molecule has 3 rings (SSSR count). The highest BCUT2D eigenvalue weighted by molar-refractivity contribution is 5.41. The van der Waals surface area contributed by atoms with Crippen LogP contribution in [0, 0.1) is 6.92 Å². The fraction of sp³-hybridized carbons (Fsp3) is 0.750. The molecular formula is C16H25N3O. The van der Waals surface area contributed by atoms with Crippen molar-refractivity contribution in [1.29, 1.82) is 0 Å². The van der Waals surface area contributed by atoms with Crippen LogP contribution in [-0.2, 0) is 0 Å². The van der Waals surface area contributed by atoms with Crippen molar-refractivity contribution in [3.63, 3.8) is 0 Å². The Morgan fingerprint density at radius 1 is 1.05 bits per heavy atom. The van der Waals surface area contributed by atoms with E-state index >= 15 is 0 Å². The largest absolute Gasteiger partial charge is 0.393 e. The molecule has 1 aliphatic carbocycles. The average Bonchev–Trinajstić information content (AvgIpc) is 2.33. The van der Waals surface area contributed by atoms with Gasteiger partial charge in [-0.15, -0.1) is 0 Å². The smallest absolute Gasteiger partial charge is 0.132 e. The number of aryl methyl sites for hydroxylation is 1. The van der Waals surface area contributed by atoms with Crippen molar-refractivity contribution in [2.45, 2.75) is 63.9 Å². The predicted octanol–water partition coefficient (Wildman–Crippen LogP) is 2.79. The molecule has 0 atom stereocenters. The third kappa shape index (κ3) is 3.11. The molecule has 1 saturated carbocycles. The van der Waals surface area contributed by atoms with E-state index in [0.717, 1.165) is 43.3 Å². The lowest BCUT2D eigenvalue weighted by Crippen LogP contribution is -2.30. The van der Waals surface area contributed by atoms with Crippen molar-refractivity contribution in [1.82, 2.24) is 9.97 Å². The second kappa shape index (κ2) is 6.08. The molecule has 4 nitrogen and oxygen atoms in total. The van der Waals surface area contributed by atoms with E-state index in [9.17, 15) is 5.11 Å². The lowest BCUT2D eigenvalue weighted by atomic mass is 9.80. The Morgan fingerprint density at radius 2 is 1.70 bits per heavy atom. The SMILES string of the molecule is Cc1nc(C2CC(O)C2)cc(N2CCCCCCC2)n1. The van der Waals surface area contributed by atoms with E-state index in [0.29, 0.717) is 5.92 Å². The Morgan fingerprint density at radius 3 is 2.35 bits per heavy atom. The van der Waals surface area contributed by atoms with Crippen LogP contribution in [0.5, 0.6) is 0 Å². The molecule has 1 N–H and O–H groups in total. The second-order valence-electron chi connectivity index (χ2n) is 6.28. The predicted molar refractivity (Wildman–Crippen MR) is 80.0 cm³/mol. The van der Waals surface area contributed by atoms with Crippen LogP contribution in [-0.4, -0.2) is 34.3 Å². The quantitative estimate of drug-likeness (QED) is 0.901. The van der Waals surface area contributed by atoms with Gasteiger partial charge in [0.2, 0.25) is 0 Å². The van der Waals surface area contributed by atoms with E-state index in [1.165, 1.54) is 32.1 Å². The zero-order chi connectivity index (χ0) is 13.9. The topological polar surface area (TPSA) is 49.3 Å². The first kappa shape index (κ1) is 13.8. The molecule has 110 valence electrons. The summed E-state index contributed by atoms with van der Waals surface area (Å²) in [6, 6.07) is 2.16. The maximum Gasteiger partial charge on any atom is 0.132 e. The molecule has 1 aromatic heterocycles. The summed E-state index contributed by atoms with van der Waals surface area (Å²) < 4.78 is 0. The van der Waals surface area contributed by atoms with Crippen LogP contribution in [0.15, 0.2) is 6.07 Å². The summed E-state index contributed by atoms with van der Waals surface area (Å²) in [5.41, 5.74) is 1.12. The van der Waals surface area contributed by atoms with Crippen molar-refractivity contribution in [2.24, 2.45) is 0 Å². The van der Waals surface area contributed by atoms with Crippen LogP contribution in [0.3, 0.4) is 0 Å². The molecule has 20 heavy (non-hydrogen) atoms. The van der Waals surface area contributed by atoms with Gasteiger partial charge in [0.15, 0.2) is 0 Å². The van der Waals surface area contributed by atoms with Crippen LogP contribution in [0.1, 0.15) is 62.4 Å². The van der Waals surface area contributed by atoms with E-state index in [4.69, 9.17) is 0 Å². The molecule has 0 radical (unpaired) electrons. The van der Waals surface area contributed by atoms with Gasteiger partial charge in [-0.05, 0) is 32.6 Å². The Bertz CT molecular complexity index is 449. The third-order valence-corrected chi connectivity index (χ3v) is 4.56. The van der Waals surface area contributed by atoms with Gasteiger partial charge in [-0.1, -0.05) is 19.3 Å². The highest BCUT2D eigenvalue weighted by Gasteiger charge is 2.30. The van der Waals surface area contributed by atoms with E-state index < -0.39 is 0 Å². The maximum atomic E-state index is 9.48. The van der Waals surface area contributed by atoms with Crippen LogP contribution in [0.25, 0.3) is 0 Å². The fourth-order valence-electron chi connectivity index (χ4n) is 3.25. The first-order chi connectivity index (χ1) is 9.72. The number of hydrogen-bond donors (Lipinski definition) is 1. The molecule has 1 aliphatic heterocycles. The zero-order valence-corrected chi connectivity index (χ0v) is 12.4. The standard InChI is InChI=1S/C16H25N3O/c1-12-17-15(13-9-14(20)10-13)11-16(18-12)19-7-5-3-2-4-6-8-19/h11,13-14,20H,2-10H2,1H3. The first-order valence-corrected chi connectivity index (χ1v) is 8.01. The molecule has 0 amide bonds. The molecule has 4 heteroatoms. The van der Waals surface area contributed by atoms with Crippen LogP contribution in [0.2, 0.25) is 0 Å². The Kier molecular flexibility index (Phi) is 4.20. The molecule has 1 saturated heterocycles. The number of hydrogen-bond acceptors (Lipinski definition) is 4. The van der Waals surface area contributed by atoms with Crippen molar-refractivity contribution in [3.05, 3.63) is 17.6 Å². The summed E-state index contributed by atoms with van der Waals surface area (Å²) >= 11 is 0. The normalized spacial score (nSPS) is 27.6. The summed E-state index contributed by atoms with van der Waals surface area (Å²) in [6.07, 6.45) is 8.17. The van der Waals surface area contributed by atoms with Gasteiger partial charge >= 0.3 is 0 Å². The first-order valence-electron chi connectivity index (χ1n) is 8.01. The van der Waals surface area contributed by atoms with E-state index in [2.05, 4.69) is 20.9 Å². The summed E-state index contributed by atoms with van der Waals surface area (Å²) in [5.74, 6) is 2.39. The van der Waals surface area contributed by atoms with Gasteiger partial charge in [-0.2, -0.15) is 0 Å². The average molecular weight is 275 g/mol. The number of rotatable bonds is 2. The monoisotopic (exact) mass is 275 g/mol. The van der Waals surface area contributed by atoms with Crippen LogP contribution < -0.4 is 4.90 Å². The van der Waals surface area contributed by atoms with E-state index in [1.54, 1.807) is 0 Å². The summed E-state index contributed by atoms with van der Waals surface area (Å²) in [6.45, 7) is 4.21. The lowest BCUT2D eigenvalue weighted by Gasteiger charge is -2.32. The molecule has 0 bridgehead atoms. The molecule has 2 aliphatic rings. The Labute approximate surface area is 121 Å². The molecule has 0 aromatic carbocycles. The third-order valence-electron chi connectivity index (χ3n) is 4.56. The summed E-state index contributed by atoms with van der Waals surface area (Å²) in [7, 11) is 0. The highest BCUT2D eigenvalue weighted by Crippen LogP contribution is 2.36. The van der Waals surface area contributed by atoms with Gasteiger partial charge in [0.05, 0.1) is 6.10 Å². The highest BCUT2D eigenvalue weighted by atomic mass is 16.3. The minimum atomic E-state index is -0.125. The van der Waals surface area contributed by atoms with Crippen LogP contribution in [0.4, 0.5) is 5.82 Å². The van der Waals surface area contributed by atoms with Gasteiger partial charge in [-0.3, -0.25) is 0 Å². The summed E-state index contributed by atoms with van der Waals surface area (Å²) in [5, 5.41) is 9.48. The van der Waals surface area contributed by atoms with Crippen molar-refractivity contribution < 1.29 is 5.11 Å². The van der Waals surface area contributed by atoms with Crippen molar-refractivity contribution >= 4 is 5.82 Å². The van der Waals surface area contributed by atoms with Crippen LogP contribution >= 0.6 is 0 Å². The Hall–Kier alpha value is -1.16. The fourth-order valence-corrected chi connectivity index (χ4v) is 3.25. The molecule has 2 heterocycles. The zero-order valence-electron chi connectivity index (χ0n) is 12.4. The van der Waals surface area contributed by atoms with Gasteiger partial charge in [0.25, 0.3) is 0 Å². The number of nitrogens with zero attached hydrogens (tertiary/aromatic N) is 3. The van der Waals surface area contributed by atoms with Crippen molar-refractivity contribution in [3.8, 4) is 0 Å². The van der Waals surface area contributed by atoms with Gasteiger partial charge < -0.3 is 10.0 Å². The lowest BCUT2D eigenvalue weighted by molar-refractivity contribution is 0.0731. The second-order valence-corrected chi connectivity index (χ2v) is 6.28. The minimum Gasteiger partial charge on any atom is -0.393 e. The number of anilines is 1. The minimum absolute atomic E-state index is 0.125. The van der Waals surface area contributed by atoms with Gasteiger partial charge in [-0.25, -0.2) is 9.97 Å². The molecule has 2 fully saturated rings. The maximum absolute atomic E-state index is 9.48. The molecular weight excluding hydrogens is 250 g/mol. The molecule has 0 spiro atoms. The molecule has 1 aromatic rings. The Balaban J connectivity index is 1.77. The van der Waals surface area contributed by atoms with Gasteiger partial charge in [0, 0.05) is 30.8 Å². The number of aliphatic hydroxyl groups excluding tert-OH is 1. The van der Waals surface area contributed by atoms with E-state index in [-0.39, 0.29) is 6.10 Å². The number of aliphatic hydroxyl groups is 1. The van der Waals surface area contributed by atoms with Gasteiger partial charge in [0.1, 0.15) is 11.6 Å². The summed E-state index contributed by atoms with van der Waals surface area (Å²) in [4.78, 5) is 11.6. The number of aromatic nitrogens is 2. The van der Waals surface area contributed by atoms with E-state index in [1.807, 2.05) is 6.92 Å². The molecule has 0 unspecified atom stereocenters.